The van der Waals surface area contributed by atoms with E-state index in [-0.39, 0.29) is 5.41 Å². The van der Waals surface area contributed by atoms with Crippen LogP contribution in [-0.2, 0) is 22.5 Å². The van der Waals surface area contributed by atoms with Crippen LogP contribution in [0.2, 0.25) is 0 Å². The number of carbonyl (C=O) groups excluding carboxylic acids is 1. The second-order valence-corrected chi connectivity index (χ2v) is 9.31. The number of ether oxygens (including phenoxy) is 1. The zero-order chi connectivity index (χ0) is 19.7. The van der Waals surface area contributed by atoms with E-state index in [1.54, 1.807) is 0 Å². The molecule has 1 amide bonds. The Labute approximate surface area is 170 Å². The Hall–Kier alpha value is -1.33. The van der Waals surface area contributed by atoms with Crippen molar-refractivity contribution in [3.63, 3.8) is 0 Å². The molecule has 1 N–H and O–H groups in total. The topological polar surface area (TPSA) is 41.6 Å². The van der Waals surface area contributed by atoms with Crippen molar-refractivity contribution in [2.75, 3.05) is 19.8 Å². The van der Waals surface area contributed by atoms with Crippen molar-refractivity contribution in [3.8, 4) is 0 Å². The van der Waals surface area contributed by atoms with Crippen LogP contribution in [0.4, 0.5) is 0 Å². The molecule has 150 valence electrons. The minimum Gasteiger partial charge on any atom is -0.381 e. The molecule has 2 atom stereocenters. The van der Waals surface area contributed by atoms with Gasteiger partial charge >= 0.3 is 0 Å². The van der Waals surface area contributed by atoms with Gasteiger partial charge in [0.05, 0.1) is 5.41 Å². The lowest BCUT2D eigenvalue weighted by Gasteiger charge is -2.40. The maximum atomic E-state index is 13.7. The van der Waals surface area contributed by atoms with Gasteiger partial charge in [0, 0.05) is 38.4 Å². The highest BCUT2D eigenvalue weighted by Crippen LogP contribution is 2.46. The fraction of sp³-hybridized carbons (Fsp3) is 0.696. The van der Waals surface area contributed by atoms with Crippen LogP contribution in [0.3, 0.4) is 0 Å². The summed E-state index contributed by atoms with van der Waals surface area (Å²) in [5.74, 6) is 0.704. The molecule has 4 nitrogen and oxygen atoms in total. The number of nitrogens with zero attached hydrogens (tertiary/aromatic N) is 1. The van der Waals surface area contributed by atoms with Crippen molar-refractivity contribution in [1.82, 2.24) is 10.2 Å². The number of carbonyl (C=O) groups is 1. The van der Waals surface area contributed by atoms with Gasteiger partial charge < -0.3 is 15.0 Å². The number of rotatable bonds is 4. The van der Waals surface area contributed by atoms with Crippen molar-refractivity contribution in [2.45, 2.75) is 71.0 Å². The van der Waals surface area contributed by atoms with Crippen molar-refractivity contribution in [3.05, 3.63) is 29.3 Å². The summed E-state index contributed by atoms with van der Waals surface area (Å²) >= 11 is 0. The van der Waals surface area contributed by atoms with Crippen molar-refractivity contribution in [1.29, 1.82) is 0 Å². The van der Waals surface area contributed by atoms with Gasteiger partial charge in [-0.05, 0) is 55.6 Å². The fourth-order valence-corrected chi connectivity index (χ4v) is 5.45. The fourth-order valence-electron chi connectivity index (χ4n) is 5.45. The Bertz CT molecular complexity index is 717. The third-order valence-electron chi connectivity index (χ3n) is 7.30. The molecule has 1 aromatic rings. The van der Waals surface area contributed by atoms with Crippen LogP contribution in [0, 0.1) is 11.3 Å². The third kappa shape index (κ3) is 3.88. The summed E-state index contributed by atoms with van der Waals surface area (Å²) in [7, 11) is 5.99. The molecule has 2 heterocycles. The molecular weight excluding hydrogens is 347 g/mol. The second kappa shape index (κ2) is 8.20. The predicted molar refractivity (Wildman–Crippen MR) is 113 cm³/mol. The summed E-state index contributed by atoms with van der Waals surface area (Å²) in [5.41, 5.74) is 3.10. The zero-order valence-electron chi connectivity index (χ0n) is 17.4. The van der Waals surface area contributed by atoms with Gasteiger partial charge in [-0.25, -0.2) is 0 Å². The largest absolute Gasteiger partial charge is 0.381 e. The Balaban J connectivity index is 1.46. The number of fused-ring (bicyclic) bond motifs is 1. The molecule has 4 rings (SSSR count). The quantitative estimate of drug-likeness (QED) is 0.816. The second-order valence-electron chi connectivity index (χ2n) is 9.31. The van der Waals surface area contributed by atoms with Crippen LogP contribution < -0.4 is 10.8 Å². The van der Waals surface area contributed by atoms with Gasteiger partial charge in [-0.3, -0.25) is 4.79 Å². The molecule has 2 aliphatic heterocycles. The first-order valence-corrected chi connectivity index (χ1v) is 11.0. The maximum Gasteiger partial charge on any atom is 0.229 e. The smallest absolute Gasteiger partial charge is 0.229 e. The van der Waals surface area contributed by atoms with Crippen LogP contribution in [0.1, 0.15) is 57.1 Å². The summed E-state index contributed by atoms with van der Waals surface area (Å²) in [6.07, 6.45) is 6.15. The van der Waals surface area contributed by atoms with E-state index in [1.165, 1.54) is 11.1 Å². The zero-order valence-corrected chi connectivity index (χ0v) is 17.4. The van der Waals surface area contributed by atoms with E-state index >= 15 is 0 Å². The summed E-state index contributed by atoms with van der Waals surface area (Å²) in [4.78, 5) is 15.8. The molecule has 1 unspecified atom stereocenters. The monoisotopic (exact) mass is 380 g/mol. The van der Waals surface area contributed by atoms with Gasteiger partial charge in [0.1, 0.15) is 7.85 Å². The lowest BCUT2D eigenvalue weighted by molar-refractivity contribution is -0.145. The van der Waals surface area contributed by atoms with Gasteiger partial charge in [-0.15, -0.1) is 0 Å². The first kappa shape index (κ1) is 20.0. The molecule has 0 aromatic heterocycles. The van der Waals surface area contributed by atoms with Crippen LogP contribution in [-0.4, -0.2) is 50.5 Å². The molecule has 0 spiro atoms. The van der Waals surface area contributed by atoms with E-state index in [0.29, 0.717) is 30.5 Å². The third-order valence-corrected chi connectivity index (χ3v) is 7.30. The predicted octanol–water partition coefficient (Wildman–Crippen LogP) is 2.33. The Morgan fingerprint density at radius 1 is 1.21 bits per heavy atom. The maximum absolute atomic E-state index is 13.7. The average Bonchev–Trinajstić information content (AvgIpc) is 3.13. The molecule has 1 saturated heterocycles. The van der Waals surface area contributed by atoms with E-state index in [2.05, 4.69) is 30.1 Å². The highest BCUT2D eigenvalue weighted by Gasteiger charge is 2.49. The van der Waals surface area contributed by atoms with Crippen LogP contribution >= 0.6 is 0 Å². The molecule has 3 aliphatic rings. The minimum absolute atomic E-state index is 0.235. The Morgan fingerprint density at radius 3 is 2.75 bits per heavy atom. The Morgan fingerprint density at radius 2 is 2.00 bits per heavy atom. The summed E-state index contributed by atoms with van der Waals surface area (Å²) in [5, 5.41) is 3.84. The first-order chi connectivity index (χ1) is 13.5. The molecule has 28 heavy (non-hydrogen) atoms. The lowest BCUT2D eigenvalue weighted by atomic mass is 9.73. The van der Waals surface area contributed by atoms with Gasteiger partial charge in [0.15, 0.2) is 0 Å². The van der Waals surface area contributed by atoms with E-state index in [9.17, 15) is 4.79 Å². The van der Waals surface area contributed by atoms with Crippen molar-refractivity contribution < 1.29 is 9.53 Å². The molecular formula is C23H33BN2O2. The number of hydrogen-bond donors (Lipinski definition) is 1. The molecule has 2 radical (unpaired) electrons. The van der Waals surface area contributed by atoms with E-state index in [1.807, 2.05) is 12.1 Å². The first-order valence-electron chi connectivity index (χ1n) is 11.0. The molecule has 5 heteroatoms. The normalized spacial score (nSPS) is 28.5. The van der Waals surface area contributed by atoms with Gasteiger partial charge in [-0.2, -0.15) is 0 Å². The summed E-state index contributed by atoms with van der Waals surface area (Å²) in [6, 6.07) is 7.12. The number of nitrogens with one attached hydrogen (secondary N) is 1. The van der Waals surface area contributed by atoms with Crippen LogP contribution in [0.5, 0.6) is 0 Å². The van der Waals surface area contributed by atoms with Gasteiger partial charge in [-0.1, -0.05) is 37.5 Å². The van der Waals surface area contributed by atoms with Gasteiger partial charge in [0.25, 0.3) is 0 Å². The van der Waals surface area contributed by atoms with Gasteiger partial charge in [0.2, 0.25) is 5.91 Å². The van der Waals surface area contributed by atoms with Crippen LogP contribution in [0.25, 0.3) is 0 Å². The number of hydrogen-bond acceptors (Lipinski definition) is 3. The van der Waals surface area contributed by atoms with Crippen molar-refractivity contribution >= 4 is 19.2 Å². The molecule has 1 saturated carbocycles. The van der Waals surface area contributed by atoms with E-state index < -0.39 is 0 Å². The molecule has 0 bridgehead atoms. The van der Waals surface area contributed by atoms with E-state index in [0.717, 1.165) is 63.7 Å². The number of benzene rings is 1. The highest BCUT2D eigenvalue weighted by atomic mass is 16.5. The summed E-state index contributed by atoms with van der Waals surface area (Å²) < 4.78 is 5.49. The minimum atomic E-state index is -0.235. The SMILES string of the molecule is [B]c1ccc2c(c1)CN(C(=O)[C@@]1(C(C)C)CCC(NC3CCOCC3)C1)CC2. The Kier molecular flexibility index (Phi) is 5.84. The molecule has 1 aliphatic carbocycles. The van der Waals surface area contributed by atoms with Crippen LogP contribution in [0.15, 0.2) is 18.2 Å². The molecule has 2 fully saturated rings. The standard InChI is InChI=1S/C23H33BN2O2/c1-16(2)23(9-5-21(14-23)25-20-7-11-28-12-8-20)22(27)26-10-6-17-3-4-19(24)13-18(17)15-26/h3-4,13,16,20-21,25H,5-12,14-15H2,1-2H3/t21?,23-/m0/s1. The van der Waals surface area contributed by atoms with Crippen molar-refractivity contribution in [2.24, 2.45) is 11.3 Å². The molecule has 1 aromatic carbocycles. The van der Waals surface area contributed by atoms with E-state index in [4.69, 9.17) is 12.6 Å². The summed E-state index contributed by atoms with van der Waals surface area (Å²) in [6.45, 7) is 7.69. The average molecular weight is 380 g/mol. The number of amides is 1. The highest BCUT2D eigenvalue weighted by molar-refractivity contribution is 6.32. The lowest BCUT2D eigenvalue weighted by Crippen LogP contribution is -2.49.